The number of aliphatic carboxylic acids is 1. The summed E-state index contributed by atoms with van der Waals surface area (Å²) in [4.78, 5) is 12.8. The van der Waals surface area contributed by atoms with Crippen LogP contribution < -0.4 is 5.32 Å². The lowest BCUT2D eigenvalue weighted by Crippen LogP contribution is -2.58. The summed E-state index contributed by atoms with van der Waals surface area (Å²) >= 11 is 0. The zero-order valence-corrected chi connectivity index (χ0v) is 8.45. The van der Waals surface area contributed by atoms with E-state index in [0.29, 0.717) is 12.1 Å². The molecule has 0 aliphatic carbocycles. The number of nitrogens with one attached hydrogen (secondary N) is 1. The number of carboxylic acids is 1. The Bertz CT molecular complexity index is 196. The zero-order chi connectivity index (χ0) is 10.0. The second-order valence-corrected chi connectivity index (χ2v) is 3.87. The van der Waals surface area contributed by atoms with Gasteiger partial charge in [-0.05, 0) is 20.8 Å². The van der Waals surface area contributed by atoms with Gasteiger partial charge in [0.25, 0.3) is 0 Å². The molecule has 4 heteroatoms. The molecule has 0 radical (unpaired) electrons. The highest BCUT2D eigenvalue weighted by atomic mass is 16.4. The molecule has 0 aromatic heterocycles. The van der Waals surface area contributed by atoms with Crippen molar-refractivity contribution in [3.8, 4) is 0 Å². The Hall–Kier alpha value is -0.610. The van der Waals surface area contributed by atoms with Crippen LogP contribution in [0.25, 0.3) is 0 Å². The van der Waals surface area contributed by atoms with Crippen molar-refractivity contribution in [1.82, 2.24) is 10.2 Å². The summed E-state index contributed by atoms with van der Waals surface area (Å²) in [7, 11) is 0. The van der Waals surface area contributed by atoms with E-state index in [4.69, 9.17) is 5.11 Å². The average molecular weight is 186 g/mol. The van der Waals surface area contributed by atoms with Gasteiger partial charge in [0.05, 0.1) is 0 Å². The van der Waals surface area contributed by atoms with Crippen molar-refractivity contribution in [3.05, 3.63) is 0 Å². The average Bonchev–Trinajstić information content (AvgIpc) is 2.08. The maximum Gasteiger partial charge on any atom is 0.320 e. The van der Waals surface area contributed by atoms with Crippen LogP contribution >= 0.6 is 0 Å². The third-order valence-corrected chi connectivity index (χ3v) is 2.67. The summed E-state index contributed by atoms with van der Waals surface area (Å²) in [5.74, 6) is -0.735. The van der Waals surface area contributed by atoms with Gasteiger partial charge in [-0.2, -0.15) is 0 Å². The third-order valence-electron chi connectivity index (χ3n) is 2.67. The molecule has 3 atom stereocenters. The van der Waals surface area contributed by atoms with Crippen LogP contribution in [0.3, 0.4) is 0 Å². The van der Waals surface area contributed by atoms with Crippen molar-refractivity contribution >= 4 is 5.97 Å². The minimum atomic E-state index is -0.735. The number of carbonyl (C=O) groups is 1. The summed E-state index contributed by atoms with van der Waals surface area (Å²) in [6.07, 6.45) is 0. The number of hydrogen-bond acceptors (Lipinski definition) is 3. The summed E-state index contributed by atoms with van der Waals surface area (Å²) in [6.45, 7) is 7.57. The fourth-order valence-corrected chi connectivity index (χ4v) is 1.73. The highest BCUT2D eigenvalue weighted by Crippen LogP contribution is 2.10. The highest BCUT2D eigenvalue weighted by Gasteiger charge is 2.29. The monoisotopic (exact) mass is 186 g/mol. The van der Waals surface area contributed by atoms with E-state index in [1.54, 1.807) is 6.92 Å². The molecule has 0 amide bonds. The lowest BCUT2D eigenvalue weighted by molar-refractivity contribution is -0.144. The van der Waals surface area contributed by atoms with E-state index in [1.807, 2.05) is 4.90 Å². The van der Waals surface area contributed by atoms with Crippen LogP contribution in [0.15, 0.2) is 0 Å². The van der Waals surface area contributed by atoms with Crippen LogP contribution in [-0.4, -0.2) is 47.2 Å². The predicted octanol–water partition coefficient (Wildman–Crippen LogP) is 0.142. The molecule has 1 saturated heterocycles. The predicted molar refractivity (Wildman–Crippen MR) is 50.7 cm³/mol. The standard InChI is InChI=1S/C9H18N2O2/c1-6-5-11(7(2)4-10-6)8(3)9(12)13/h6-8,10H,4-5H2,1-3H3,(H,12,13)/t6-,7+,8?/m0/s1. The summed E-state index contributed by atoms with van der Waals surface area (Å²) in [5, 5.41) is 12.2. The molecule has 0 aromatic carbocycles. The second-order valence-electron chi connectivity index (χ2n) is 3.87. The molecule has 76 valence electrons. The number of piperazine rings is 1. The van der Waals surface area contributed by atoms with E-state index < -0.39 is 5.97 Å². The van der Waals surface area contributed by atoms with E-state index in [-0.39, 0.29) is 6.04 Å². The van der Waals surface area contributed by atoms with Crippen molar-refractivity contribution in [2.45, 2.75) is 38.9 Å². The fourth-order valence-electron chi connectivity index (χ4n) is 1.73. The van der Waals surface area contributed by atoms with E-state index in [9.17, 15) is 4.79 Å². The summed E-state index contributed by atoms with van der Waals surface area (Å²) in [6, 6.07) is 0.319. The van der Waals surface area contributed by atoms with E-state index in [2.05, 4.69) is 19.2 Å². The third kappa shape index (κ3) is 2.42. The van der Waals surface area contributed by atoms with E-state index in [0.717, 1.165) is 13.1 Å². The van der Waals surface area contributed by atoms with Crippen LogP contribution in [0.2, 0.25) is 0 Å². The Balaban J connectivity index is 2.60. The topological polar surface area (TPSA) is 52.6 Å². The maximum atomic E-state index is 10.8. The lowest BCUT2D eigenvalue weighted by atomic mass is 10.1. The van der Waals surface area contributed by atoms with Crippen molar-refractivity contribution in [3.63, 3.8) is 0 Å². The molecule has 4 nitrogen and oxygen atoms in total. The number of hydrogen-bond donors (Lipinski definition) is 2. The first-order valence-electron chi connectivity index (χ1n) is 4.74. The quantitative estimate of drug-likeness (QED) is 0.644. The van der Waals surface area contributed by atoms with Gasteiger partial charge in [-0.25, -0.2) is 0 Å². The van der Waals surface area contributed by atoms with Gasteiger partial charge >= 0.3 is 5.97 Å². The van der Waals surface area contributed by atoms with Crippen LogP contribution in [0.4, 0.5) is 0 Å². The Labute approximate surface area is 78.9 Å². The van der Waals surface area contributed by atoms with Crippen molar-refractivity contribution in [1.29, 1.82) is 0 Å². The zero-order valence-electron chi connectivity index (χ0n) is 8.45. The minimum Gasteiger partial charge on any atom is -0.480 e. The Morgan fingerprint density at radius 2 is 2.23 bits per heavy atom. The molecule has 1 unspecified atom stereocenters. The first-order chi connectivity index (χ1) is 6.02. The molecule has 1 aliphatic heterocycles. The van der Waals surface area contributed by atoms with Crippen LogP contribution in [0, 0.1) is 0 Å². The van der Waals surface area contributed by atoms with Crippen LogP contribution in [0.1, 0.15) is 20.8 Å². The van der Waals surface area contributed by atoms with E-state index in [1.165, 1.54) is 0 Å². The van der Waals surface area contributed by atoms with Gasteiger partial charge < -0.3 is 10.4 Å². The normalized spacial score (nSPS) is 32.8. The highest BCUT2D eigenvalue weighted by molar-refractivity contribution is 5.72. The maximum absolute atomic E-state index is 10.8. The van der Waals surface area contributed by atoms with Gasteiger partial charge in [0, 0.05) is 25.2 Å². The Morgan fingerprint density at radius 3 is 2.77 bits per heavy atom. The first-order valence-corrected chi connectivity index (χ1v) is 4.74. The molecule has 0 aromatic rings. The lowest BCUT2D eigenvalue weighted by Gasteiger charge is -2.39. The molecule has 1 fully saturated rings. The molecule has 1 aliphatic rings. The SMILES string of the molecule is CC(C(=O)O)N1C[C@H](C)NC[C@H]1C. The molecular formula is C9H18N2O2. The molecule has 1 heterocycles. The number of rotatable bonds is 2. The molecule has 13 heavy (non-hydrogen) atoms. The molecular weight excluding hydrogens is 168 g/mol. The molecule has 2 N–H and O–H groups in total. The fraction of sp³-hybridized carbons (Fsp3) is 0.889. The van der Waals surface area contributed by atoms with Crippen molar-refractivity contribution < 1.29 is 9.90 Å². The van der Waals surface area contributed by atoms with Crippen LogP contribution in [0.5, 0.6) is 0 Å². The van der Waals surface area contributed by atoms with Gasteiger partial charge in [0.1, 0.15) is 6.04 Å². The molecule has 1 rings (SSSR count). The smallest absolute Gasteiger partial charge is 0.320 e. The van der Waals surface area contributed by atoms with Gasteiger partial charge in [-0.15, -0.1) is 0 Å². The molecule has 0 saturated carbocycles. The minimum absolute atomic E-state index is 0.308. The summed E-state index contributed by atoms with van der Waals surface area (Å²) < 4.78 is 0. The van der Waals surface area contributed by atoms with Gasteiger partial charge in [-0.3, -0.25) is 9.69 Å². The van der Waals surface area contributed by atoms with Gasteiger partial charge in [0.2, 0.25) is 0 Å². The van der Waals surface area contributed by atoms with Crippen molar-refractivity contribution in [2.24, 2.45) is 0 Å². The Kier molecular flexibility index (Phi) is 3.27. The number of carboxylic acid groups (broad SMARTS) is 1. The molecule has 0 spiro atoms. The van der Waals surface area contributed by atoms with Crippen molar-refractivity contribution in [2.75, 3.05) is 13.1 Å². The van der Waals surface area contributed by atoms with E-state index >= 15 is 0 Å². The van der Waals surface area contributed by atoms with Gasteiger partial charge in [-0.1, -0.05) is 0 Å². The number of nitrogens with zero attached hydrogens (tertiary/aromatic N) is 1. The molecule has 0 bridgehead atoms. The second kappa shape index (κ2) is 4.07. The van der Waals surface area contributed by atoms with Crippen LogP contribution in [-0.2, 0) is 4.79 Å². The Morgan fingerprint density at radius 1 is 1.62 bits per heavy atom. The van der Waals surface area contributed by atoms with Gasteiger partial charge in [0.15, 0.2) is 0 Å². The largest absolute Gasteiger partial charge is 0.480 e. The summed E-state index contributed by atoms with van der Waals surface area (Å²) in [5.41, 5.74) is 0. The first kappa shape index (κ1) is 10.5.